The summed E-state index contributed by atoms with van der Waals surface area (Å²) in [5.41, 5.74) is 1.30. The number of hydrogen-bond donors (Lipinski definition) is 2. The molecule has 2 aromatic rings. The molecule has 0 saturated carbocycles. The molecule has 1 heterocycles. The molecule has 26 heavy (non-hydrogen) atoms. The second kappa shape index (κ2) is 8.76. The van der Waals surface area contributed by atoms with Gasteiger partial charge in [0, 0.05) is 19.0 Å². The molecular formula is C21H26ClNO3. The SMILES string of the molecule is CC(C)c1ccc(O[C@H]2CN[C@H](C(O)COc3ccccc3Cl)C2)cc1. The van der Waals surface area contributed by atoms with E-state index in [0.29, 0.717) is 23.2 Å². The molecule has 5 heteroatoms. The van der Waals surface area contributed by atoms with Gasteiger partial charge in [-0.2, -0.15) is 0 Å². The quantitative estimate of drug-likeness (QED) is 0.767. The Hall–Kier alpha value is -1.75. The lowest BCUT2D eigenvalue weighted by molar-refractivity contribution is 0.0756. The van der Waals surface area contributed by atoms with Gasteiger partial charge < -0.3 is 19.9 Å². The molecule has 1 unspecified atom stereocenters. The Bertz CT molecular complexity index is 705. The van der Waals surface area contributed by atoms with E-state index in [-0.39, 0.29) is 18.8 Å². The van der Waals surface area contributed by atoms with Crippen molar-refractivity contribution in [2.75, 3.05) is 13.2 Å². The van der Waals surface area contributed by atoms with Crippen LogP contribution >= 0.6 is 11.6 Å². The first-order valence-electron chi connectivity index (χ1n) is 9.08. The van der Waals surface area contributed by atoms with Gasteiger partial charge in [-0.3, -0.25) is 0 Å². The summed E-state index contributed by atoms with van der Waals surface area (Å²) in [5, 5.41) is 14.3. The van der Waals surface area contributed by atoms with Crippen LogP contribution in [0.25, 0.3) is 0 Å². The van der Waals surface area contributed by atoms with Gasteiger partial charge in [-0.25, -0.2) is 0 Å². The predicted octanol–water partition coefficient (Wildman–Crippen LogP) is 4.01. The van der Waals surface area contributed by atoms with Crippen LogP contribution in [0.5, 0.6) is 11.5 Å². The Morgan fingerprint density at radius 2 is 1.88 bits per heavy atom. The van der Waals surface area contributed by atoms with E-state index in [4.69, 9.17) is 21.1 Å². The highest BCUT2D eigenvalue weighted by molar-refractivity contribution is 6.32. The average Bonchev–Trinajstić information content (AvgIpc) is 3.10. The maximum absolute atomic E-state index is 10.4. The lowest BCUT2D eigenvalue weighted by atomic mass is 10.0. The van der Waals surface area contributed by atoms with Crippen molar-refractivity contribution in [3.63, 3.8) is 0 Å². The van der Waals surface area contributed by atoms with Crippen molar-refractivity contribution < 1.29 is 14.6 Å². The smallest absolute Gasteiger partial charge is 0.138 e. The van der Waals surface area contributed by atoms with Gasteiger partial charge in [-0.05, 0) is 35.7 Å². The van der Waals surface area contributed by atoms with Crippen LogP contribution in [-0.4, -0.2) is 36.5 Å². The van der Waals surface area contributed by atoms with Crippen LogP contribution in [0.4, 0.5) is 0 Å². The molecular weight excluding hydrogens is 350 g/mol. The number of hydrogen-bond acceptors (Lipinski definition) is 4. The third-order valence-electron chi connectivity index (χ3n) is 4.68. The van der Waals surface area contributed by atoms with Gasteiger partial charge in [0.05, 0.1) is 5.02 Å². The molecule has 0 radical (unpaired) electrons. The molecule has 0 bridgehead atoms. The first-order valence-corrected chi connectivity index (χ1v) is 9.46. The highest BCUT2D eigenvalue weighted by atomic mass is 35.5. The molecule has 0 aliphatic carbocycles. The number of aliphatic hydroxyl groups is 1. The molecule has 1 saturated heterocycles. The van der Waals surface area contributed by atoms with E-state index >= 15 is 0 Å². The number of nitrogens with one attached hydrogen (secondary N) is 1. The van der Waals surface area contributed by atoms with E-state index in [9.17, 15) is 5.11 Å². The van der Waals surface area contributed by atoms with Gasteiger partial charge in [-0.1, -0.05) is 49.7 Å². The molecule has 2 aromatic carbocycles. The van der Waals surface area contributed by atoms with Crippen LogP contribution in [0.2, 0.25) is 5.02 Å². The zero-order chi connectivity index (χ0) is 18.5. The van der Waals surface area contributed by atoms with Crippen molar-refractivity contribution in [3.8, 4) is 11.5 Å². The fraction of sp³-hybridized carbons (Fsp3) is 0.429. The normalized spacial score (nSPS) is 21.0. The number of rotatable bonds is 7. The number of benzene rings is 2. The second-order valence-corrected chi connectivity index (χ2v) is 7.43. The van der Waals surface area contributed by atoms with Crippen molar-refractivity contribution in [1.29, 1.82) is 0 Å². The number of halogens is 1. The van der Waals surface area contributed by atoms with Gasteiger partial charge in [0.25, 0.3) is 0 Å². The maximum atomic E-state index is 10.4. The maximum Gasteiger partial charge on any atom is 0.138 e. The summed E-state index contributed by atoms with van der Waals surface area (Å²) in [7, 11) is 0. The summed E-state index contributed by atoms with van der Waals surface area (Å²) in [6, 6.07) is 15.4. The first kappa shape index (κ1) is 19.0. The first-order chi connectivity index (χ1) is 12.5. The van der Waals surface area contributed by atoms with Gasteiger partial charge in [0.2, 0.25) is 0 Å². The molecule has 2 N–H and O–H groups in total. The van der Waals surface area contributed by atoms with Crippen LogP contribution in [-0.2, 0) is 0 Å². The predicted molar refractivity (Wildman–Crippen MR) is 104 cm³/mol. The van der Waals surface area contributed by atoms with Crippen LogP contribution in [0.15, 0.2) is 48.5 Å². The van der Waals surface area contributed by atoms with E-state index in [1.807, 2.05) is 24.3 Å². The van der Waals surface area contributed by atoms with E-state index in [0.717, 1.165) is 12.2 Å². The Morgan fingerprint density at radius 3 is 2.58 bits per heavy atom. The Balaban J connectivity index is 1.47. The number of para-hydroxylation sites is 1. The zero-order valence-corrected chi connectivity index (χ0v) is 15.9. The van der Waals surface area contributed by atoms with Crippen molar-refractivity contribution in [3.05, 3.63) is 59.1 Å². The molecule has 0 spiro atoms. The minimum Gasteiger partial charge on any atom is -0.489 e. The van der Waals surface area contributed by atoms with Crippen molar-refractivity contribution >= 4 is 11.6 Å². The summed E-state index contributed by atoms with van der Waals surface area (Å²) in [6.45, 7) is 5.25. The molecule has 0 aromatic heterocycles. The fourth-order valence-electron chi connectivity index (χ4n) is 3.09. The van der Waals surface area contributed by atoms with Gasteiger partial charge in [0.15, 0.2) is 0 Å². The van der Waals surface area contributed by atoms with E-state index < -0.39 is 6.10 Å². The molecule has 3 atom stereocenters. The van der Waals surface area contributed by atoms with E-state index in [1.54, 1.807) is 12.1 Å². The fourth-order valence-corrected chi connectivity index (χ4v) is 3.28. The molecule has 140 valence electrons. The van der Waals surface area contributed by atoms with Crippen molar-refractivity contribution in [2.24, 2.45) is 0 Å². The average molecular weight is 376 g/mol. The number of ether oxygens (including phenoxy) is 2. The number of aliphatic hydroxyl groups excluding tert-OH is 1. The Kier molecular flexibility index (Phi) is 6.41. The molecule has 1 fully saturated rings. The molecule has 0 amide bonds. The standard InChI is InChI=1S/C21H26ClNO3/c1-14(2)15-7-9-16(10-8-15)26-17-11-19(23-12-17)20(24)13-25-21-6-4-3-5-18(21)22/h3-10,14,17,19-20,23-24H,11-13H2,1-2H3/t17-,19+,20?/m1/s1. The summed E-state index contributed by atoms with van der Waals surface area (Å²) in [6.07, 6.45) is 0.155. The minimum atomic E-state index is -0.622. The minimum absolute atomic E-state index is 0.0415. The van der Waals surface area contributed by atoms with Crippen molar-refractivity contribution in [1.82, 2.24) is 5.32 Å². The lowest BCUT2D eigenvalue weighted by Crippen LogP contribution is -2.38. The van der Waals surface area contributed by atoms with E-state index in [2.05, 4.69) is 31.3 Å². The summed E-state index contributed by atoms with van der Waals surface area (Å²) >= 11 is 6.07. The summed E-state index contributed by atoms with van der Waals surface area (Å²) in [5.74, 6) is 1.96. The van der Waals surface area contributed by atoms with Crippen LogP contribution in [0, 0.1) is 0 Å². The second-order valence-electron chi connectivity index (χ2n) is 7.02. The topological polar surface area (TPSA) is 50.7 Å². The summed E-state index contributed by atoms with van der Waals surface area (Å²) < 4.78 is 11.7. The third-order valence-corrected chi connectivity index (χ3v) is 5.00. The van der Waals surface area contributed by atoms with Gasteiger partial charge in [0.1, 0.15) is 30.3 Å². The van der Waals surface area contributed by atoms with E-state index in [1.165, 1.54) is 5.56 Å². The van der Waals surface area contributed by atoms with Gasteiger partial charge in [-0.15, -0.1) is 0 Å². The van der Waals surface area contributed by atoms with Gasteiger partial charge >= 0.3 is 0 Å². The highest BCUT2D eigenvalue weighted by Gasteiger charge is 2.31. The third kappa shape index (κ3) is 4.91. The van der Waals surface area contributed by atoms with Crippen LogP contribution < -0.4 is 14.8 Å². The molecule has 3 rings (SSSR count). The monoisotopic (exact) mass is 375 g/mol. The zero-order valence-electron chi connectivity index (χ0n) is 15.2. The molecule has 1 aliphatic heterocycles. The van der Waals surface area contributed by atoms with Crippen LogP contribution in [0.3, 0.4) is 0 Å². The van der Waals surface area contributed by atoms with Crippen LogP contribution in [0.1, 0.15) is 31.7 Å². The van der Waals surface area contributed by atoms with Crippen molar-refractivity contribution in [2.45, 2.75) is 44.4 Å². The summed E-state index contributed by atoms with van der Waals surface area (Å²) in [4.78, 5) is 0. The molecule has 1 aliphatic rings. The largest absolute Gasteiger partial charge is 0.489 e. The lowest BCUT2D eigenvalue weighted by Gasteiger charge is -2.19. The highest BCUT2D eigenvalue weighted by Crippen LogP contribution is 2.25. The Labute approximate surface area is 160 Å². The molecule has 4 nitrogen and oxygen atoms in total. The Morgan fingerprint density at radius 1 is 1.15 bits per heavy atom.